The summed E-state index contributed by atoms with van der Waals surface area (Å²) in [5.41, 5.74) is -0.214. The molecule has 0 aliphatic carbocycles. The third kappa shape index (κ3) is 2.87. The van der Waals surface area contributed by atoms with Crippen molar-refractivity contribution in [2.24, 2.45) is 0 Å². The summed E-state index contributed by atoms with van der Waals surface area (Å²) in [6.07, 6.45) is 1.68. The summed E-state index contributed by atoms with van der Waals surface area (Å²) in [4.78, 5) is 9.77. The Bertz CT molecular complexity index is 407. The van der Waals surface area contributed by atoms with E-state index < -0.39 is 16.4 Å². The molecule has 1 unspecified atom stereocenters. The molecular weight excluding hydrogens is 211 g/mol. The summed E-state index contributed by atoms with van der Waals surface area (Å²) in [6.45, 7) is 5.68. The third-order valence-corrected chi connectivity index (χ3v) is 2.22. The second-order valence-corrected chi connectivity index (χ2v) is 3.41. The number of halogens is 1. The largest absolute Gasteiger partial charge is 0.307 e. The Hall–Kier alpha value is -1.75. The van der Waals surface area contributed by atoms with Crippen molar-refractivity contribution in [2.75, 3.05) is 0 Å². The second-order valence-electron chi connectivity index (χ2n) is 3.41. The van der Waals surface area contributed by atoms with E-state index in [4.69, 9.17) is 0 Å². The minimum Gasteiger partial charge on any atom is -0.307 e. The second kappa shape index (κ2) is 5.37. The SMILES string of the molecule is C=CC(C)NCc1cccc([N+](=O)[O-])c1F. The molecule has 86 valence electrons. The summed E-state index contributed by atoms with van der Waals surface area (Å²) < 4.78 is 13.6. The van der Waals surface area contributed by atoms with Crippen LogP contribution in [0.1, 0.15) is 12.5 Å². The zero-order chi connectivity index (χ0) is 12.1. The van der Waals surface area contributed by atoms with Crippen LogP contribution in [-0.4, -0.2) is 11.0 Å². The molecule has 0 aromatic heterocycles. The molecule has 1 aromatic rings. The molecule has 1 atom stereocenters. The molecule has 0 saturated carbocycles. The van der Waals surface area contributed by atoms with Crippen molar-refractivity contribution < 1.29 is 9.31 Å². The van der Waals surface area contributed by atoms with Gasteiger partial charge >= 0.3 is 5.69 Å². The lowest BCUT2D eigenvalue weighted by atomic mass is 10.1. The zero-order valence-electron chi connectivity index (χ0n) is 8.94. The van der Waals surface area contributed by atoms with Crippen molar-refractivity contribution in [2.45, 2.75) is 19.5 Å². The molecule has 0 saturated heterocycles. The fourth-order valence-electron chi connectivity index (χ4n) is 1.20. The Balaban J connectivity index is 2.85. The van der Waals surface area contributed by atoms with Gasteiger partial charge in [-0.3, -0.25) is 10.1 Å². The first kappa shape index (κ1) is 12.3. The van der Waals surface area contributed by atoms with Gasteiger partial charge in [0.05, 0.1) is 4.92 Å². The highest BCUT2D eigenvalue weighted by molar-refractivity contribution is 5.36. The molecule has 0 amide bonds. The van der Waals surface area contributed by atoms with Gasteiger partial charge in [-0.1, -0.05) is 18.2 Å². The van der Waals surface area contributed by atoms with Gasteiger partial charge < -0.3 is 5.32 Å². The van der Waals surface area contributed by atoms with Crippen LogP contribution in [0.2, 0.25) is 0 Å². The minimum atomic E-state index is -0.781. The molecule has 0 spiro atoms. The fourth-order valence-corrected chi connectivity index (χ4v) is 1.20. The van der Waals surface area contributed by atoms with Crippen molar-refractivity contribution in [3.05, 3.63) is 52.3 Å². The van der Waals surface area contributed by atoms with E-state index in [9.17, 15) is 14.5 Å². The summed E-state index contributed by atoms with van der Waals surface area (Å²) in [5.74, 6) is -0.781. The predicted octanol–water partition coefficient (Wildman–Crippen LogP) is 2.40. The van der Waals surface area contributed by atoms with Crippen molar-refractivity contribution in [1.82, 2.24) is 5.32 Å². The summed E-state index contributed by atoms with van der Waals surface area (Å²) in [7, 11) is 0. The van der Waals surface area contributed by atoms with E-state index in [1.165, 1.54) is 12.1 Å². The number of hydrogen-bond acceptors (Lipinski definition) is 3. The quantitative estimate of drug-likeness (QED) is 0.474. The van der Waals surface area contributed by atoms with Gasteiger partial charge in [0.15, 0.2) is 0 Å². The first-order valence-corrected chi connectivity index (χ1v) is 4.84. The van der Waals surface area contributed by atoms with E-state index in [0.29, 0.717) is 0 Å². The molecule has 5 heteroatoms. The maximum absolute atomic E-state index is 13.6. The lowest BCUT2D eigenvalue weighted by molar-refractivity contribution is -0.387. The van der Waals surface area contributed by atoms with Gasteiger partial charge in [0.25, 0.3) is 0 Å². The Kier molecular flexibility index (Phi) is 4.13. The number of rotatable bonds is 5. The van der Waals surface area contributed by atoms with Crippen molar-refractivity contribution in [3.63, 3.8) is 0 Å². The molecule has 0 fully saturated rings. The van der Waals surface area contributed by atoms with Crippen LogP contribution in [0.5, 0.6) is 0 Å². The Labute approximate surface area is 92.9 Å². The van der Waals surface area contributed by atoms with Crippen molar-refractivity contribution in [1.29, 1.82) is 0 Å². The molecule has 0 heterocycles. The topological polar surface area (TPSA) is 55.2 Å². The van der Waals surface area contributed by atoms with E-state index in [2.05, 4.69) is 11.9 Å². The highest BCUT2D eigenvalue weighted by Gasteiger charge is 2.16. The van der Waals surface area contributed by atoms with E-state index in [1.807, 2.05) is 6.92 Å². The predicted molar refractivity (Wildman–Crippen MR) is 59.6 cm³/mol. The first-order valence-electron chi connectivity index (χ1n) is 4.84. The highest BCUT2D eigenvalue weighted by Crippen LogP contribution is 2.19. The van der Waals surface area contributed by atoms with Crippen molar-refractivity contribution in [3.8, 4) is 0 Å². The van der Waals surface area contributed by atoms with Crippen LogP contribution in [0.3, 0.4) is 0 Å². The van der Waals surface area contributed by atoms with Crippen LogP contribution in [0.15, 0.2) is 30.9 Å². The number of benzene rings is 1. The van der Waals surface area contributed by atoms with E-state index in [-0.39, 0.29) is 18.2 Å². The van der Waals surface area contributed by atoms with Gasteiger partial charge in [0.2, 0.25) is 5.82 Å². The Morgan fingerprint density at radius 1 is 1.69 bits per heavy atom. The van der Waals surface area contributed by atoms with E-state index in [1.54, 1.807) is 6.08 Å². The average Bonchev–Trinajstić information content (AvgIpc) is 2.26. The van der Waals surface area contributed by atoms with Crippen LogP contribution in [0.25, 0.3) is 0 Å². The molecule has 16 heavy (non-hydrogen) atoms. The molecule has 1 N–H and O–H groups in total. The molecule has 4 nitrogen and oxygen atoms in total. The van der Waals surface area contributed by atoms with Gasteiger partial charge in [-0.15, -0.1) is 6.58 Å². The van der Waals surface area contributed by atoms with E-state index in [0.717, 1.165) is 6.07 Å². The van der Waals surface area contributed by atoms with Crippen LogP contribution in [0, 0.1) is 15.9 Å². The molecule has 0 aliphatic heterocycles. The van der Waals surface area contributed by atoms with Gasteiger partial charge in [-0.25, -0.2) is 0 Å². The number of nitro benzene ring substituents is 1. The molecule has 0 aliphatic rings. The third-order valence-electron chi connectivity index (χ3n) is 2.22. The van der Waals surface area contributed by atoms with Gasteiger partial charge in [-0.2, -0.15) is 4.39 Å². The Morgan fingerprint density at radius 2 is 2.38 bits per heavy atom. The van der Waals surface area contributed by atoms with Gasteiger partial charge in [0.1, 0.15) is 0 Å². The molecular formula is C11H13FN2O2. The minimum absolute atomic E-state index is 0.0265. The number of nitrogens with one attached hydrogen (secondary N) is 1. The number of hydrogen-bond donors (Lipinski definition) is 1. The molecule has 1 rings (SSSR count). The lowest BCUT2D eigenvalue weighted by Crippen LogP contribution is -2.23. The Morgan fingerprint density at radius 3 is 2.94 bits per heavy atom. The van der Waals surface area contributed by atoms with Crippen LogP contribution < -0.4 is 5.32 Å². The molecule has 1 aromatic carbocycles. The number of nitro groups is 1. The lowest BCUT2D eigenvalue weighted by Gasteiger charge is -2.09. The normalized spacial score (nSPS) is 12.1. The maximum Gasteiger partial charge on any atom is 0.305 e. The standard InChI is InChI=1S/C11H13FN2O2/c1-3-8(2)13-7-9-5-4-6-10(11(9)12)14(15)16/h3-6,8,13H,1,7H2,2H3. The van der Waals surface area contributed by atoms with Crippen LogP contribution in [-0.2, 0) is 6.54 Å². The summed E-state index contributed by atoms with van der Waals surface area (Å²) in [5, 5.41) is 13.5. The fraction of sp³-hybridized carbons (Fsp3) is 0.273. The molecule has 0 bridgehead atoms. The smallest absolute Gasteiger partial charge is 0.305 e. The molecule has 0 radical (unpaired) electrons. The van der Waals surface area contributed by atoms with E-state index >= 15 is 0 Å². The monoisotopic (exact) mass is 224 g/mol. The van der Waals surface area contributed by atoms with Gasteiger partial charge in [-0.05, 0) is 6.92 Å². The van der Waals surface area contributed by atoms with Crippen LogP contribution in [0.4, 0.5) is 10.1 Å². The average molecular weight is 224 g/mol. The summed E-state index contributed by atoms with van der Waals surface area (Å²) in [6, 6.07) is 4.16. The highest BCUT2D eigenvalue weighted by atomic mass is 19.1. The van der Waals surface area contributed by atoms with Crippen molar-refractivity contribution >= 4 is 5.69 Å². The zero-order valence-corrected chi connectivity index (χ0v) is 8.94. The maximum atomic E-state index is 13.6. The number of nitrogens with zero attached hydrogens (tertiary/aromatic N) is 1. The van der Waals surface area contributed by atoms with Crippen LogP contribution >= 0.6 is 0 Å². The first-order chi connectivity index (χ1) is 7.56. The van der Waals surface area contributed by atoms with Gasteiger partial charge in [0, 0.05) is 24.2 Å². The summed E-state index contributed by atoms with van der Waals surface area (Å²) >= 11 is 0.